The molecule has 0 radical (unpaired) electrons. The van der Waals surface area contributed by atoms with Crippen LogP contribution in [-0.4, -0.2) is 17.9 Å². The predicted molar refractivity (Wildman–Crippen MR) is 70.2 cm³/mol. The summed E-state index contributed by atoms with van der Waals surface area (Å²) < 4.78 is 11.0. The maximum absolute atomic E-state index is 11.4. The Kier molecular flexibility index (Phi) is 3.42. The molecule has 1 aromatic rings. The number of rotatable bonds is 3. The zero-order chi connectivity index (χ0) is 14.2. The van der Waals surface area contributed by atoms with Crippen molar-refractivity contribution in [3.63, 3.8) is 0 Å². The van der Waals surface area contributed by atoms with Crippen LogP contribution in [-0.2, 0) is 9.53 Å². The third kappa shape index (κ3) is 2.52. The molecule has 1 aliphatic rings. The third-order valence-corrected chi connectivity index (χ3v) is 3.03. The number of fused-ring (bicyclic) bond motifs is 1. The smallest absolute Gasteiger partial charge is 0.303 e. The molecule has 0 saturated heterocycles. The van der Waals surface area contributed by atoms with E-state index in [0.717, 1.165) is 11.1 Å². The number of esters is 1. The van der Waals surface area contributed by atoms with Gasteiger partial charge in [0.25, 0.3) is 0 Å². The molecule has 1 aliphatic heterocycles. The molecular weight excluding hydrogens is 244 g/mol. The van der Waals surface area contributed by atoms with E-state index in [4.69, 9.17) is 9.47 Å². The van der Waals surface area contributed by atoms with Gasteiger partial charge in [0.2, 0.25) is 0 Å². The van der Waals surface area contributed by atoms with Gasteiger partial charge in [-0.1, -0.05) is 6.58 Å². The summed E-state index contributed by atoms with van der Waals surface area (Å²) in [6.07, 6.45) is -0.939. The molecule has 0 bridgehead atoms. The minimum Gasteiger partial charge on any atom is -0.481 e. The average Bonchev–Trinajstić information content (AvgIpc) is 2.66. The first-order valence-corrected chi connectivity index (χ1v) is 6.04. The van der Waals surface area contributed by atoms with E-state index >= 15 is 0 Å². The highest BCUT2D eigenvalue weighted by atomic mass is 16.6. The number of Topliss-reactive ketones (excluding diaryl/α,β-unsaturated/α-hetero) is 1. The second kappa shape index (κ2) is 4.88. The summed E-state index contributed by atoms with van der Waals surface area (Å²) in [5, 5.41) is 0. The van der Waals surface area contributed by atoms with Gasteiger partial charge in [0.15, 0.2) is 18.0 Å². The maximum Gasteiger partial charge on any atom is 0.303 e. The molecule has 2 rings (SSSR count). The highest BCUT2D eigenvalue weighted by Crippen LogP contribution is 2.41. The molecule has 0 aromatic heterocycles. The van der Waals surface area contributed by atoms with Crippen LogP contribution in [0.4, 0.5) is 0 Å². The lowest BCUT2D eigenvalue weighted by molar-refractivity contribution is -0.149. The first-order valence-electron chi connectivity index (χ1n) is 6.04. The van der Waals surface area contributed by atoms with Gasteiger partial charge in [-0.3, -0.25) is 9.59 Å². The number of carbonyl (C=O) groups is 2. The Morgan fingerprint density at radius 2 is 1.95 bits per heavy atom. The molecule has 0 fully saturated rings. The second-order valence-corrected chi connectivity index (χ2v) is 4.72. The number of ether oxygens (including phenoxy) is 2. The molecule has 0 amide bonds. The van der Waals surface area contributed by atoms with E-state index in [-0.39, 0.29) is 11.8 Å². The van der Waals surface area contributed by atoms with E-state index in [2.05, 4.69) is 6.58 Å². The minimum atomic E-state index is -0.538. The van der Waals surface area contributed by atoms with Crippen molar-refractivity contribution in [3.05, 3.63) is 41.5 Å². The number of hydrogen-bond donors (Lipinski definition) is 0. The number of hydrogen-bond acceptors (Lipinski definition) is 4. The summed E-state index contributed by atoms with van der Waals surface area (Å²) in [5.41, 5.74) is 2.06. The molecule has 0 spiro atoms. The van der Waals surface area contributed by atoms with E-state index in [1.54, 1.807) is 18.2 Å². The quantitative estimate of drug-likeness (QED) is 0.476. The molecule has 1 heterocycles. The van der Waals surface area contributed by atoms with Crippen molar-refractivity contribution >= 4 is 11.8 Å². The fourth-order valence-electron chi connectivity index (χ4n) is 2.12. The van der Waals surface area contributed by atoms with Gasteiger partial charge in [-0.2, -0.15) is 0 Å². The predicted octanol–water partition coefficient (Wildman–Crippen LogP) is 2.83. The molecular formula is C15H16O4. The number of carbonyl (C=O) groups excluding carboxylic acids is 2. The topological polar surface area (TPSA) is 52.6 Å². The van der Waals surface area contributed by atoms with E-state index in [9.17, 15) is 9.59 Å². The zero-order valence-electron chi connectivity index (χ0n) is 11.2. The van der Waals surface area contributed by atoms with Crippen molar-refractivity contribution in [2.24, 2.45) is 0 Å². The molecule has 0 aliphatic carbocycles. The molecule has 0 unspecified atom stereocenters. The molecule has 4 nitrogen and oxygen atoms in total. The highest BCUT2D eigenvalue weighted by Gasteiger charge is 2.37. The normalized spacial score (nSPS) is 20.4. The van der Waals surface area contributed by atoms with Crippen LogP contribution < -0.4 is 4.74 Å². The fraction of sp³-hybridized carbons (Fsp3) is 0.333. The summed E-state index contributed by atoms with van der Waals surface area (Å²) in [6, 6.07) is 5.15. The molecule has 1 aromatic carbocycles. The zero-order valence-corrected chi connectivity index (χ0v) is 11.2. The summed E-state index contributed by atoms with van der Waals surface area (Å²) in [7, 11) is 0. The molecule has 4 heteroatoms. The van der Waals surface area contributed by atoms with Crippen molar-refractivity contribution < 1.29 is 19.1 Å². The molecule has 0 N–H and O–H groups in total. The van der Waals surface area contributed by atoms with Crippen LogP contribution >= 0.6 is 0 Å². The van der Waals surface area contributed by atoms with Gasteiger partial charge in [0.1, 0.15) is 5.75 Å². The lowest BCUT2D eigenvalue weighted by atomic mass is 9.99. The summed E-state index contributed by atoms with van der Waals surface area (Å²) in [6.45, 7) is 8.51. The van der Waals surface area contributed by atoms with Gasteiger partial charge < -0.3 is 9.47 Å². The molecule has 2 atom stereocenters. The first-order chi connectivity index (χ1) is 8.90. The van der Waals surface area contributed by atoms with Crippen LogP contribution in [0.3, 0.4) is 0 Å². The Bertz CT molecular complexity index is 559. The van der Waals surface area contributed by atoms with Crippen LogP contribution in [0.5, 0.6) is 5.75 Å². The molecule has 0 saturated carbocycles. The number of ketones is 1. The van der Waals surface area contributed by atoms with Gasteiger partial charge >= 0.3 is 5.97 Å². The minimum absolute atomic E-state index is 0.0387. The first kappa shape index (κ1) is 13.3. The SMILES string of the molecule is C=C(C)[C@H]1Oc2ccc(C(C)=O)cc2[C@@H]1OC(C)=O. The lowest BCUT2D eigenvalue weighted by Gasteiger charge is -2.18. The van der Waals surface area contributed by atoms with Gasteiger partial charge in [-0.15, -0.1) is 0 Å². The van der Waals surface area contributed by atoms with Crippen molar-refractivity contribution in [3.8, 4) is 5.75 Å². The van der Waals surface area contributed by atoms with Crippen LogP contribution in [0.2, 0.25) is 0 Å². The van der Waals surface area contributed by atoms with E-state index in [1.807, 2.05) is 6.92 Å². The van der Waals surface area contributed by atoms with E-state index in [0.29, 0.717) is 11.3 Å². The van der Waals surface area contributed by atoms with Crippen molar-refractivity contribution in [1.29, 1.82) is 0 Å². The third-order valence-electron chi connectivity index (χ3n) is 3.03. The Morgan fingerprint density at radius 3 is 2.47 bits per heavy atom. The van der Waals surface area contributed by atoms with Crippen LogP contribution in [0.1, 0.15) is 42.8 Å². The van der Waals surface area contributed by atoms with E-state index in [1.165, 1.54) is 13.8 Å². The monoisotopic (exact) mass is 260 g/mol. The Balaban J connectivity index is 2.44. The molecule has 100 valence electrons. The van der Waals surface area contributed by atoms with Crippen LogP contribution in [0.25, 0.3) is 0 Å². The molecule has 19 heavy (non-hydrogen) atoms. The van der Waals surface area contributed by atoms with Crippen molar-refractivity contribution in [1.82, 2.24) is 0 Å². The van der Waals surface area contributed by atoms with Gasteiger partial charge in [-0.05, 0) is 37.6 Å². The Hall–Kier alpha value is -2.10. The average molecular weight is 260 g/mol. The second-order valence-electron chi connectivity index (χ2n) is 4.72. The summed E-state index contributed by atoms with van der Waals surface area (Å²) in [4.78, 5) is 22.6. The highest BCUT2D eigenvalue weighted by molar-refractivity contribution is 5.94. The Labute approximate surface area is 112 Å². The number of benzene rings is 1. The largest absolute Gasteiger partial charge is 0.481 e. The Morgan fingerprint density at radius 1 is 1.26 bits per heavy atom. The van der Waals surface area contributed by atoms with Gasteiger partial charge in [-0.25, -0.2) is 0 Å². The van der Waals surface area contributed by atoms with Crippen LogP contribution in [0.15, 0.2) is 30.4 Å². The standard InChI is InChI=1S/C15H16O4/c1-8(2)14-15(18-10(4)17)12-7-11(9(3)16)5-6-13(12)19-14/h5-7,14-15H,1H2,2-4H3/t14-,15+/m1/s1. The summed E-state index contributed by atoms with van der Waals surface area (Å²) >= 11 is 0. The van der Waals surface area contributed by atoms with Crippen molar-refractivity contribution in [2.45, 2.75) is 33.0 Å². The lowest BCUT2D eigenvalue weighted by Crippen LogP contribution is -2.23. The van der Waals surface area contributed by atoms with Gasteiger partial charge in [0.05, 0.1) is 0 Å². The van der Waals surface area contributed by atoms with Crippen LogP contribution in [0, 0.1) is 0 Å². The van der Waals surface area contributed by atoms with Gasteiger partial charge in [0, 0.05) is 18.1 Å². The van der Waals surface area contributed by atoms with Crippen molar-refractivity contribution in [2.75, 3.05) is 0 Å². The summed E-state index contributed by atoms with van der Waals surface area (Å²) in [5.74, 6) is 0.202. The fourth-order valence-corrected chi connectivity index (χ4v) is 2.12. The van der Waals surface area contributed by atoms with E-state index < -0.39 is 12.2 Å². The maximum atomic E-state index is 11.4.